The molecule has 2 amide bonds. The first-order valence-corrected chi connectivity index (χ1v) is 8.11. The molecular weight excluding hydrogens is 284 g/mol. The fourth-order valence-electron chi connectivity index (χ4n) is 1.45. The summed E-state index contributed by atoms with van der Waals surface area (Å²) in [7, 11) is 0. The monoisotopic (exact) mass is 302 g/mol. The number of urea groups is 1. The van der Waals surface area contributed by atoms with Gasteiger partial charge in [-0.05, 0) is 42.4 Å². The van der Waals surface area contributed by atoms with E-state index in [1.54, 1.807) is 23.1 Å². The van der Waals surface area contributed by atoms with Gasteiger partial charge in [0.25, 0.3) is 0 Å². The van der Waals surface area contributed by atoms with Crippen LogP contribution in [0, 0.1) is 6.92 Å². The van der Waals surface area contributed by atoms with Crippen molar-refractivity contribution in [3.8, 4) is 0 Å². The summed E-state index contributed by atoms with van der Waals surface area (Å²) < 4.78 is 0. The van der Waals surface area contributed by atoms with E-state index >= 15 is 0 Å². The molecule has 1 aromatic rings. The van der Waals surface area contributed by atoms with Crippen molar-refractivity contribution in [2.45, 2.75) is 25.9 Å². The summed E-state index contributed by atoms with van der Waals surface area (Å²) >= 11 is 3.12. The second-order valence-corrected chi connectivity index (χ2v) is 6.01. The summed E-state index contributed by atoms with van der Waals surface area (Å²) in [6.45, 7) is 2.40. The second-order valence-electron chi connectivity index (χ2n) is 4.03. The van der Waals surface area contributed by atoms with Crippen molar-refractivity contribution >= 4 is 35.1 Å². The van der Waals surface area contributed by atoms with Crippen molar-refractivity contribution in [2.24, 2.45) is 0 Å². The van der Waals surface area contributed by atoms with Gasteiger partial charge in [0.05, 0.1) is 6.54 Å². The van der Waals surface area contributed by atoms with E-state index in [4.69, 9.17) is 5.11 Å². The summed E-state index contributed by atoms with van der Waals surface area (Å²) in [5.41, 5.74) is 1.13. The molecule has 1 aromatic heterocycles. The number of rotatable bonds is 7. The number of amides is 2. The van der Waals surface area contributed by atoms with Gasteiger partial charge in [0.1, 0.15) is 6.04 Å². The van der Waals surface area contributed by atoms with E-state index in [-0.39, 0.29) is 0 Å². The molecule has 1 atom stereocenters. The lowest BCUT2D eigenvalue weighted by molar-refractivity contribution is -0.139. The fraction of sp³-hybridized carbons (Fsp3) is 0.500. The molecule has 5 nitrogen and oxygen atoms in total. The van der Waals surface area contributed by atoms with Crippen molar-refractivity contribution in [2.75, 3.05) is 12.0 Å². The lowest BCUT2D eigenvalue weighted by Gasteiger charge is -2.14. The van der Waals surface area contributed by atoms with Gasteiger partial charge < -0.3 is 15.7 Å². The van der Waals surface area contributed by atoms with Gasteiger partial charge in [0.2, 0.25) is 0 Å². The number of aryl methyl sites for hydroxylation is 1. The average Bonchev–Trinajstić information content (AvgIpc) is 2.77. The Bertz CT molecular complexity index is 434. The highest BCUT2D eigenvalue weighted by atomic mass is 32.2. The van der Waals surface area contributed by atoms with Crippen LogP contribution in [0.5, 0.6) is 0 Å². The number of thiophene rings is 1. The highest BCUT2D eigenvalue weighted by molar-refractivity contribution is 7.98. The maximum Gasteiger partial charge on any atom is 0.326 e. The first-order chi connectivity index (χ1) is 9.04. The maximum atomic E-state index is 11.6. The molecule has 7 heteroatoms. The largest absolute Gasteiger partial charge is 0.480 e. The number of hydrogen-bond acceptors (Lipinski definition) is 4. The number of aliphatic carboxylic acids is 1. The van der Waals surface area contributed by atoms with E-state index in [1.165, 1.54) is 0 Å². The third kappa shape index (κ3) is 5.52. The van der Waals surface area contributed by atoms with Crippen molar-refractivity contribution in [3.05, 3.63) is 21.9 Å². The van der Waals surface area contributed by atoms with Crippen LogP contribution in [0.2, 0.25) is 0 Å². The van der Waals surface area contributed by atoms with Gasteiger partial charge in [0.15, 0.2) is 0 Å². The first kappa shape index (κ1) is 15.8. The normalized spacial score (nSPS) is 11.9. The van der Waals surface area contributed by atoms with Gasteiger partial charge in [-0.1, -0.05) is 0 Å². The molecule has 106 valence electrons. The molecule has 1 rings (SSSR count). The fourth-order valence-corrected chi connectivity index (χ4v) is 2.77. The van der Waals surface area contributed by atoms with Crippen LogP contribution in [0.3, 0.4) is 0 Å². The molecule has 1 heterocycles. The Hall–Kier alpha value is -1.21. The Labute approximate surface area is 120 Å². The maximum absolute atomic E-state index is 11.6. The lowest BCUT2D eigenvalue weighted by atomic mass is 10.2. The van der Waals surface area contributed by atoms with E-state index in [1.807, 2.05) is 24.6 Å². The van der Waals surface area contributed by atoms with Gasteiger partial charge in [-0.25, -0.2) is 9.59 Å². The molecule has 3 N–H and O–H groups in total. The Balaban J connectivity index is 2.40. The standard InChI is InChI=1S/C12H18N2O3S2/c1-8-3-6-19-10(8)7-13-12(17)14-9(11(15)16)4-5-18-2/h3,6,9H,4-5,7H2,1-2H3,(H,15,16)(H2,13,14,17)/t9-/m1/s1. The molecule has 0 unspecified atom stereocenters. The van der Waals surface area contributed by atoms with Gasteiger partial charge in [-0.3, -0.25) is 0 Å². The smallest absolute Gasteiger partial charge is 0.326 e. The summed E-state index contributed by atoms with van der Waals surface area (Å²) in [6, 6.07) is 0.705. The lowest BCUT2D eigenvalue weighted by Crippen LogP contribution is -2.46. The number of thioether (sulfide) groups is 1. The quantitative estimate of drug-likeness (QED) is 0.720. The third-order valence-electron chi connectivity index (χ3n) is 2.59. The molecule has 0 spiro atoms. The van der Waals surface area contributed by atoms with Crippen LogP contribution in [-0.4, -0.2) is 35.2 Å². The number of carboxylic acid groups (broad SMARTS) is 1. The molecule has 0 radical (unpaired) electrons. The Kier molecular flexibility index (Phi) is 6.72. The first-order valence-electron chi connectivity index (χ1n) is 5.83. The molecule has 0 aliphatic carbocycles. The summed E-state index contributed by atoms with van der Waals surface area (Å²) in [5.74, 6) is -0.308. The molecule has 0 aromatic carbocycles. The minimum Gasteiger partial charge on any atom is -0.480 e. The third-order valence-corrected chi connectivity index (χ3v) is 4.26. The van der Waals surface area contributed by atoms with Crippen molar-refractivity contribution in [1.82, 2.24) is 10.6 Å². The number of nitrogens with one attached hydrogen (secondary N) is 2. The average molecular weight is 302 g/mol. The highest BCUT2D eigenvalue weighted by Gasteiger charge is 2.19. The zero-order valence-electron chi connectivity index (χ0n) is 10.9. The van der Waals surface area contributed by atoms with E-state index in [9.17, 15) is 9.59 Å². The van der Waals surface area contributed by atoms with E-state index < -0.39 is 18.0 Å². The molecule has 0 bridgehead atoms. The molecular formula is C12H18N2O3S2. The van der Waals surface area contributed by atoms with Crippen molar-refractivity contribution < 1.29 is 14.7 Å². The minimum atomic E-state index is -1.00. The Morgan fingerprint density at radius 2 is 2.26 bits per heavy atom. The summed E-state index contributed by atoms with van der Waals surface area (Å²) in [4.78, 5) is 23.7. The summed E-state index contributed by atoms with van der Waals surface area (Å²) in [5, 5.41) is 16.1. The zero-order valence-corrected chi connectivity index (χ0v) is 12.6. The van der Waals surface area contributed by atoms with Gasteiger partial charge in [-0.2, -0.15) is 11.8 Å². The number of carbonyl (C=O) groups is 2. The molecule has 0 fully saturated rings. The van der Waals surface area contributed by atoms with Gasteiger partial charge in [0, 0.05) is 4.88 Å². The SMILES string of the molecule is CSCC[C@@H](NC(=O)NCc1sccc1C)C(=O)O. The van der Waals surface area contributed by atoms with Crippen LogP contribution in [0.25, 0.3) is 0 Å². The van der Waals surface area contributed by atoms with Crippen molar-refractivity contribution in [3.63, 3.8) is 0 Å². The molecule has 0 aliphatic heterocycles. The topological polar surface area (TPSA) is 78.4 Å². The van der Waals surface area contributed by atoms with Crippen LogP contribution >= 0.6 is 23.1 Å². The highest BCUT2D eigenvalue weighted by Crippen LogP contribution is 2.14. The van der Waals surface area contributed by atoms with Gasteiger partial charge >= 0.3 is 12.0 Å². The van der Waals surface area contributed by atoms with Crippen LogP contribution < -0.4 is 10.6 Å². The predicted octanol–water partition coefficient (Wildman–Crippen LogP) is 2.06. The minimum absolute atomic E-state index is 0.419. The van der Waals surface area contributed by atoms with Gasteiger partial charge in [-0.15, -0.1) is 11.3 Å². The molecule has 19 heavy (non-hydrogen) atoms. The Morgan fingerprint density at radius 3 is 2.79 bits per heavy atom. The summed E-state index contributed by atoms with van der Waals surface area (Å²) in [6.07, 6.45) is 2.32. The van der Waals surface area contributed by atoms with Crippen LogP contribution in [0.1, 0.15) is 16.9 Å². The van der Waals surface area contributed by atoms with Crippen LogP contribution in [-0.2, 0) is 11.3 Å². The number of carbonyl (C=O) groups excluding carboxylic acids is 1. The van der Waals surface area contributed by atoms with E-state index in [0.29, 0.717) is 18.7 Å². The number of carboxylic acids is 1. The predicted molar refractivity (Wildman–Crippen MR) is 78.9 cm³/mol. The molecule has 0 saturated carbocycles. The zero-order chi connectivity index (χ0) is 14.3. The van der Waals surface area contributed by atoms with E-state index in [2.05, 4.69) is 10.6 Å². The van der Waals surface area contributed by atoms with E-state index in [0.717, 1.165) is 10.4 Å². The van der Waals surface area contributed by atoms with Crippen LogP contribution in [0.15, 0.2) is 11.4 Å². The van der Waals surface area contributed by atoms with Crippen LogP contribution in [0.4, 0.5) is 4.79 Å². The van der Waals surface area contributed by atoms with Crippen molar-refractivity contribution in [1.29, 1.82) is 0 Å². The molecule has 0 saturated heterocycles. The molecule has 0 aliphatic rings. The second kappa shape index (κ2) is 8.06. The Morgan fingerprint density at radius 1 is 1.53 bits per heavy atom. The number of hydrogen-bond donors (Lipinski definition) is 3.